The molecule has 1 rings (SSSR count). The molecule has 0 heterocycles. The third-order valence-corrected chi connectivity index (χ3v) is 4.66. The quantitative estimate of drug-likeness (QED) is 0.666. The zero-order valence-corrected chi connectivity index (χ0v) is 11.7. The molecular formula is C14H30N2O. The van der Waals surface area contributed by atoms with E-state index in [-0.39, 0.29) is 11.6 Å². The molecule has 2 atom stereocenters. The summed E-state index contributed by atoms with van der Waals surface area (Å²) in [5.74, 6) is 1.13. The summed E-state index contributed by atoms with van der Waals surface area (Å²) in [6.07, 6.45) is 6.53. The van der Waals surface area contributed by atoms with Crippen LogP contribution < -0.4 is 11.1 Å². The Morgan fingerprint density at radius 2 is 1.94 bits per heavy atom. The van der Waals surface area contributed by atoms with E-state index in [1.807, 2.05) is 7.05 Å². The fourth-order valence-electron chi connectivity index (χ4n) is 3.20. The molecule has 1 aliphatic rings. The molecule has 0 aliphatic heterocycles. The van der Waals surface area contributed by atoms with Gasteiger partial charge < -0.3 is 16.2 Å². The summed E-state index contributed by atoms with van der Waals surface area (Å²) in [6, 6.07) is 0. The molecule has 4 N–H and O–H groups in total. The Labute approximate surface area is 106 Å². The van der Waals surface area contributed by atoms with E-state index < -0.39 is 0 Å². The first-order valence-electron chi connectivity index (χ1n) is 7.14. The lowest BCUT2D eigenvalue weighted by Crippen LogP contribution is -2.54. The van der Waals surface area contributed by atoms with Crippen LogP contribution in [-0.4, -0.2) is 30.3 Å². The molecule has 0 radical (unpaired) electrons. The van der Waals surface area contributed by atoms with E-state index >= 15 is 0 Å². The minimum atomic E-state index is -0.230. The van der Waals surface area contributed by atoms with Crippen molar-refractivity contribution in [2.45, 2.75) is 64.0 Å². The maximum Gasteiger partial charge on any atom is 0.0746 e. The molecule has 0 aromatic rings. The van der Waals surface area contributed by atoms with Crippen molar-refractivity contribution < 1.29 is 5.11 Å². The largest absolute Gasteiger partial charge is 0.391 e. The van der Waals surface area contributed by atoms with Gasteiger partial charge in [0, 0.05) is 5.54 Å². The van der Waals surface area contributed by atoms with Crippen molar-refractivity contribution >= 4 is 0 Å². The minimum absolute atomic E-state index is 0.130. The first kappa shape index (κ1) is 14.9. The fraction of sp³-hybridized carbons (Fsp3) is 1.00. The second-order valence-corrected chi connectivity index (χ2v) is 5.88. The van der Waals surface area contributed by atoms with Crippen LogP contribution in [0.25, 0.3) is 0 Å². The van der Waals surface area contributed by atoms with Crippen LogP contribution in [0, 0.1) is 11.8 Å². The minimum Gasteiger partial charge on any atom is -0.391 e. The third kappa shape index (κ3) is 3.67. The molecule has 3 heteroatoms. The Hall–Kier alpha value is -0.120. The summed E-state index contributed by atoms with van der Waals surface area (Å²) in [6.45, 7) is 5.13. The van der Waals surface area contributed by atoms with E-state index in [0.717, 1.165) is 32.2 Å². The second-order valence-electron chi connectivity index (χ2n) is 5.88. The van der Waals surface area contributed by atoms with Gasteiger partial charge >= 0.3 is 0 Å². The van der Waals surface area contributed by atoms with Crippen molar-refractivity contribution in [2.24, 2.45) is 17.6 Å². The van der Waals surface area contributed by atoms with Gasteiger partial charge in [0.1, 0.15) is 0 Å². The van der Waals surface area contributed by atoms with Gasteiger partial charge in [-0.1, -0.05) is 13.3 Å². The molecule has 1 fully saturated rings. The zero-order valence-electron chi connectivity index (χ0n) is 11.7. The first-order valence-corrected chi connectivity index (χ1v) is 7.14. The molecule has 0 saturated heterocycles. The molecule has 17 heavy (non-hydrogen) atoms. The van der Waals surface area contributed by atoms with Crippen molar-refractivity contribution in [3.8, 4) is 0 Å². The van der Waals surface area contributed by atoms with Crippen LogP contribution in [-0.2, 0) is 0 Å². The smallest absolute Gasteiger partial charge is 0.0746 e. The highest BCUT2D eigenvalue weighted by Gasteiger charge is 2.37. The Bertz CT molecular complexity index is 214. The molecule has 0 aromatic carbocycles. The summed E-state index contributed by atoms with van der Waals surface area (Å²) in [7, 11) is 1.96. The van der Waals surface area contributed by atoms with Crippen LogP contribution in [0.2, 0.25) is 0 Å². The number of hydrogen-bond donors (Lipinski definition) is 3. The van der Waals surface area contributed by atoms with Gasteiger partial charge in [-0.25, -0.2) is 0 Å². The molecule has 102 valence electrons. The highest BCUT2D eigenvalue weighted by atomic mass is 16.3. The molecule has 0 bridgehead atoms. The Kier molecular flexibility index (Phi) is 5.90. The summed E-state index contributed by atoms with van der Waals surface area (Å²) < 4.78 is 0. The number of aliphatic hydroxyl groups excluding tert-OH is 1. The lowest BCUT2D eigenvalue weighted by atomic mass is 9.73. The number of hydrogen-bond acceptors (Lipinski definition) is 3. The van der Waals surface area contributed by atoms with Gasteiger partial charge in [-0.2, -0.15) is 0 Å². The van der Waals surface area contributed by atoms with Gasteiger partial charge in [-0.05, 0) is 64.5 Å². The van der Waals surface area contributed by atoms with E-state index in [0.29, 0.717) is 11.8 Å². The van der Waals surface area contributed by atoms with Gasteiger partial charge in [-0.15, -0.1) is 0 Å². The van der Waals surface area contributed by atoms with Crippen molar-refractivity contribution in [3.05, 3.63) is 0 Å². The zero-order chi connectivity index (χ0) is 12.9. The molecule has 0 amide bonds. The van der Waals surface area contributed by atoms with Gasteiger partial charge in [0.15, 0.2) is 0 Å². The third-order valence-electron chi connectivity index (χ3n) is 4.66. The SMILES string of the molecule is CCCC(C)(NC)C(O)C1CCC(CN)CC1. The summed E-state index contributed by atoms with van der Waals surface area (Å²) in [4.78, 5) is 0. The van der Waals surface area contributed by atoms with E-state index in [1.54, 1.807) is 0 Å². The molecule has 2 unspecified atom stereocenters. The lowest BCUT2D eigenvalue weighted by molar-refractivity contribution is 0.000144. The molecule has 0 aromatic heterocycles. The van der Waals surface area contributed by atoms with Crippen molar-refractivity contribution in [1.29, 1.82) is 0 Å². The Morgan fingerprint density at radius 3 is 2.35 bits per heavy atom. The lowest BCUT2D eigenvalue weighted by Gasteiger charge is -2.41. The first-order chi connectivity index (χ1) is 8.07. The van der Waals surface area contributed by atoms with Gasteiger partial charge in [-0.3, -0.25) is 0 Å². The average Bonchev–Trinajstić information content (AvgIpc) is 2.38. The van der Waals surface area contributed by atoms with E-state index in [4.69, 9.17) is 5.73 Å². The van der Waals surface area contributed by atoms with Crippen LogP contribution in [0.3, 0.4) is 0 Å². The number of rotatable bonds is 6. The van der Waals surface area contributed by atoms with E-state index in [2.05, 4.69) is 19.2 Å². The second kappa shape index (κ2) is 6.72. The van der Waals surface area contributed by atoms with Crippen LogP contribution in [0.15, 0.2) is 0 Å². The topological polar surface area (TPSA) is 58.3 Å². The number of nitrogens with two attached hydrogens (primary N) is 1. The maximum atomic E-state index is 10.6. The summed E-state index contributed by atoms with van der Waals surface area (Å²) >= 11 is 0. The normalized spacial score (nSPS) is 30.9. The highest BCUT2D eigenvalue weighted by Crippen LogP contribution is 2.34. The summed E-state index contributed by atoms with van der Waals surface area (Å²) in [5.41, 5.74) is 5.58. The number of aliphatic hydroxyl groups is 1. The van der Waals surface area contributed by atoms with Crippen LogP contribution >= 0.6 is 0 Å². The van der Waals surface area contributed by atoms with Crippen molar-refractivity contribution in [3.63, 3.8) is 0 Å². The monoisotopic (exact) mass is 242 g/mol. The predicted octanol–water partition coefficient (Wildman–Crippen LogP) is 1.89. The van der Waals surface area contributed by atoms with Crippen LogP contribution in [0.4, 0.5) is 0 Å². The Morgan fingerprint density at radius 1 is 1.35 bits per heavy atom. The molecular weight excluding hydrogens is 212 g/mol. The summed E-state index contributed by atoms with van der Waals surface area (Å²) in [5, 5.41) is 13.9. The van der Waals surface area contributed by atoms with Gasteiger partial charge in [0.05, 0.1) is 6.10 Å². The molecule has 0 spiro atoms. The van der Waals surface area contributed by atoms with Crippen LogP contribution in [0.5, 0.6) is 0 Å². The average molecular weight is 242 g/mol. The number of nitrogens with one attached hydrogen (secondary N) is 1. The van der Waals surface area contributed by atoms with Crippen molar-refractivity contribution in [2.75, 3.05) is 13.6 Å². The van der Waals surface area contributed by atoms with Gasteiger partial charge in [0.2, 0.25) is 0 Å². The van der Waals surface area contributed by atoms with Crippen molar-refractivity contribution in [1.82, 2.24) is 5.32 Å². The molecule has 3 nitrogen and oxygen atoms in total. The number of likely N-dealkylation sites (N-methyl/N-ethyl adjacent to an activating group) is 1. The van der Waals surface area contributed by atoms with E-state index in [9.17, 15) is 5.11 Å². The molecule has 1 aliphatic carbocycles. The maximum absolute atomic E-state index is 10.6. The van der Waals surface area contributed by atoms with E-state index in [1.165, 1.54) is 12.8 Å². The van der Waals surface area contributed by atoms with Crippen LogP contribution in [0.1, 0.15) is 52.4 Å². The standard InChI is InChI=1S/C14H30N2O/c1-4-9-14(2,16-3)13(17)12-7-5-11(10-15)6-8-12/h11-13,16-17H,4-10,15H2,1-3H3. The molecule has 1 saturated carbocycles. The fourth-order valence-corrected chi connectivity index (χ4v) is 3.20. The predicted molar refractivity (Wildman–Crippen MR) is 72.9 cm³/mol. The Balaban J connectivity index is 2.54. The van der Waals surface area contributed by atoms with Gasteiger partial charge in [0.25, 0.3) is 0 Å². The highest BCUT2D eigenvalue weighted by molar-refractivity contribution is 4.94.